The predicted octanol–water partition coefficient (Wildman–Crippen LogP) is -0.357. The first-order chi connectivity index (χ1) is 4.16. The summed E-state index contributed by atoms with van der Waals surface area (Å²) < 4.78 is 0. The van der Waals surface area contributed by atoms with Crippen LogP contribution in [0.15, 0.2) is 12.2 Å². The number of aliphatic carboxylic acids is 1. The van der Waals surface area contributed by atoms with Crippen LogP contribution < -0.4 is 0 Å². The summed E-state index contributed by atoms with van der Waals surface area (Å²) in [5.74, 6) is -2.39. The van der Waals surface area contributed by atoms with Gasteiger partial charge in [0.2, 0.25) is 0 Å². The second kappa shape index (κ2) is 3.62. The van der Waals surface area contributed by atoms with Gasteiger partial charge in [0, 0.05) is 12.2 Å². The summed E-state index contributed by atoms with van der Waals surface area (Å²) in [6.07, 6.45) is 1.14. The molecule has 0 bridgehead atoms. The van der Waals surface area contributed by atoms with E-state index in [4.69, 9.17) is 10.4 Å². The molecule has 9 heavy (non-hydrogen) atoms. The molecule has 5 nitrogen and oxygen atoms in total. The third kappa shape index (κ3) is 4.49. The van der Waals surface area contributed by atoms with Gasteiger partial charge in [-0.2, -0.15) is 5.26 Å². The quantitative estimate of drug-likeness (QED) is 0.304. The zero-order chi connectivity index (χ0) is 7.28. The van der Waals surface area contributed by atoms with Gasteiger partial charge in [-0.25, -0.2) is 9.59 Å². The van der Waals surface area contributed by atoms with E-state index in [1.54, 1.807) is 0 Å². The maximum atomic E-state index is 9.89. The SMILES string of the molecule is O=C(O)/C=C/C(=O)OO. The Morgan fingerprint density at radius 3 is 2.22 bits per heavy atom. The second-order valence-electron chi connectivity index (χ2n) is 1.08. The van der Waals surface area contributed by atoms with Crippen molar-refractivity contribution < 1.29 is 24.8 Å². The Hall–Kier alpha value is -1.36. The van der Waals surface area contributed by atoms with Crippen LogP contribution in [0.25, 0.3) is 0 Å². The highest BCUT2D eigenvalue weighted by molar-refractivity contribution is 5.90. The lowest BCUT2D eigenvalue weighted by Crippen LogP contribution is -1.96. The molecule has 0 unspecified atom stereocenters. The van der Waals surface area contributed by atoms with Crippen LogP contribution in [0.5, 0.6) is 0 Å². The molecule has 0 saturated carbocycles. The maximum Gasteiger partial charge on any atom is 0.365 e. The zero-order valence-corrected chi connectivity index (χ0v) is 4.27. The number of hydrogen-bond acceptors (Lipinski definition) is 4. The third-order valence-corrected chi connectivity index (χ3v) is 0.452. The van der Waals surface area contributed by atoms with Crippen molar-refractivity contribution >= 4 is 11.9 Å². The monoisotopic (exact) mass is 132 g/mol. The van der Waals surface area contributed by atoms with Crippen molar-refractivity contribution in [2.24, 2.45) is 0 Å². The molecular weight excluding hydrogens is 128 g/mol. The fourth-order valence-electron chi connectivity index (χ4n) is 0.170. The van der Waals surface area contributed by atoms with E-state index in [-0.39, 0.29) is 0 Å². The second-order valence-corrected chi connectivity index (χ2v) is 1.08. The van der Waals surface area contributed by atoms with E-state index in [9.17, 15) is 9.59 Å². The minimum atomic E-state index is -1.28. The van der Waals surface area contributed by atoms with Crippen molar-refractivity contribution in [1.29, 1.82) is 0 Å². The van der Waals surface area contributed by atoms with Gasteiger partial charge in [-0.1, -0.05) is 0 Å². The van der Waals surface area contributed by atoms with Gasteiger partial charge in [0.05, 0.1) is 0 Å². The molecule has 0 amide bonds. The van der Waals surface area contributed by atoms with Gasteiger partial charge in [0.25, 0.3) is 0 Å². The van der Waals surface area contributed by atoms with E-state index in [1.807, 2.05) is 0 Å². The summed E-state index contributed by atoms with van der Waals surface area (Å²) in [4.78, 5) is 22.6. The zero-order valence-electron chi connectivity index (χ0n) is 4.27. The van der Waals surface area contributed by atoms with Crippen LogP contribution in [0, 0.1) is 0 Å². The van der Waals surface area contributed by atoms with Gasteiger partial charge in [-0.15, -0.1) is 0 Å². The molecule has 5 heteroatoms. The van der Waals surface area contributed by atoms with Gasteiger partial charge in [-0.3, -0.25) is 4.89 Å². The van der Waals surface area contributed by atoms with Crippen molar-refractivity contribution in [2.75, 3.05) is 0 Å². The van der Waals surface area contributed by atoms with Crippen LogP contribution in [-0.2, 0) is 14.5 Å². The van der Waals surface area contributed by atoms with Gasteiger partial charge >= 0.3 is 11.9 Å². The predicted molar refractivity (Wildman–Crippen MR) is 25.5 cm³/mol. The first kappa shape index (κ1) is 7.64. The highest BCUT2D eigenvalue weighted by Gasteiger charge is 1.93. The van der Waals surface area contributed by atoms with Crippen molar-refractivity contribution in [3.8, 4) is 0 Å². The molecule has 0 heterocycles. The number of carbonyl (C=O) groups excluding carboxylic acids is 1. The molecule has 0 aromatic carbocycles. The smallest absolute Gasteiger partial charge is 0.365 e. The molecule has 0 aromatic heterocycles. The van der Waals surface area contributed by atoms with Gasteiger partial charge in [-0.05, 0) is 0 Å². The third-order valence-electron chi connectivity index (χ3n) is 0.452. The van der Waals surface area contributed by atoms with Crippen LogP contribution in [0.4, 0.5) is 0 Å². The average Bonchev–Trinajstić information content (AvgIpc) is 1.83. The van der Waals surface area contributed by atoms with Crippen LogP contribution in [-0.4, -0.2) is 22.3 Å². The van der Waals surface area contributed by atoms with Gasteiger partial charge in [0.15, 0.2) is 0 Å². The molecule has 0 fully saturated rings. The number of carboxylic acids is 1. The molecule has 0 saturated heterocycles. The van der Waals surface area contributed by atoms with E-state index >= 15 is 0 Å². The number of carboxylic acid groups (broad SMARTS) is 1. The summed E-state index contributed by atoms with van der Waals surface area (Å²) in [6.45, 7) is 0. The van der Waals surface area contributed by atoms with Gasteiger partial charge in [0.1, 0.15) is 0 Å². The number of hydrogen-bond donors (Lipinski definition) is 2. The molecule has 0 aromatic rings. The Balaban J connectivity index is 3.71. The van der Waals surface area contributed by atoms with Crippen molar-refractivity contribution in [3.63, 3.8) is 0 Å². The van der Waals surface area contributed by atoms with E-state index in [2.05, 4.69) is 4.89 Å². The highest BCUT2D eigenvalue weighted by atomic mass is 17.1. The standard InChI is InChI=1S/C4H4O5/c5-3(6)1-2-4(7)9-8/h1-2,8H,(H,5,6)/b2-1+. The molecule has 50 valence electrons. The molecule has 0 rings (SSSR count). The van der Waals surface area contributed by atoms with Crippen LogP contribution in [0.1, 0.15) is 0 Å². The average molecular weight is 132 g/mol. The van der Waals surface area contributed by atoms with Crippen molar-refractivity contribution in [3.05, 3.63) is 12.2 Å². The Kier molecular flexibility index (Phi) is 3.07. The molecule has 0 aliphatic carbocycles. The van der Waals surface area contributed by atoms with E-state index in [0.717, 1.165) is 0 Å². The summed E-state index contributed by atoms with van der Waals surface area (Å²) in [5, 5.41) is 15.4. The van der Waals surface area contributed by atoms with E-state index in [1.165, 1.54) is 0 Å². The number of carbonyl (C=O) groups is 2. The topological polar surface area (TPSA) is 83.8 Å². The molecule has 2 N–H and O–H groups in total. The minimum Gasteiger partial charge on any atom is -0.478 e. The van der Waals surface area contributed by atoms with E-state index < -0.39 is 11.9 Å². The summed E-state index contributed by atoms with van der Waals surface area (Å²) >= 11 is 0. The van der Waals surface area contributed by atoms with Crippen LogP contribution in [0.3, 0.4) is 0 Å². The minimum absolute atomic E-state index is 0.554. The van der Waals surface area contributed by atoms with Crippen molar-refractivity contribution in [2.45, 2.75) is 0 Å². The maximum absolute atomic E-state index is 9.89. The Morgan fingerprint density at radius 1 is 1.33 bits per heavy atom. The lowest BCUT2D eigenvalue weighted by Gasteiger charge is -1.82. The number of rotatable bonds is 2. The fraction of sp³-hybridized carbons (Fsp3) is 0. The van der Waals surface area contributed by atoms with Gasteiger partial charge < -0.3 is 5.11 Å². The molecule has 0 aliphatic heterocycles. The highest BCUT2D eigenvalue weighted by Crippen LogP contribution is 1.76. The van der Waals surface area contributed by atoms with Crippen LogP contribution >= 0.6 is 0 Å². The normalized spacial score (nSPS) is 9.44. The first-order valence-corrected chi connectivity index (χ1v) is 1.93. The molecule has 0 spiro atoms. The first-order valence-electron chi connectivity index (χ1n) is 1.93. The Morgan fingerprint density at radius 2 is 1.89 bits per heavy atom. The van der Waals surface area contributed by atoms with Crippen LogP contribution in [0.2, 0.25) is 0 Å². The molecule has 0 radical (unpaired) electrons. The lowest BCUT2D eigenvalue weighted by molar-refractivity contribution is -0.228. The summed E-state index contributed by atoms with van der Waals surface area (Å²) in [5.41, 5.74) is 0. The van der Waals surface area contributed by atoms with Crippen molar-refractivity contribution in [1.82, 2.24) is 0 Å². The Bertz CT molecular complexity index is 147. The summed E-state index contributed by atoms with van der Waals surface area (Å²) in [6, 6.07) is 0. The molecular formula is C4H4O5. The fourth-order valence-corrected chi connectivity index (χ4v) is 0.170. The lowest BCUT2D eigenvalue weighted by atomic mass is 10.5. The Labute approximate surface area is 50.1 Å². The summed E-state index contributed by atoms with van der Waals surface area (Å²) in [7, 11) is 0. The largest absolute Gasteiger partial charge is 0.478 e. The molecule has 0 atom stereocenters. The molecule has 0 aliphatic rings. The van der Waals surface area contributed by atoms with E-state index in [0.29, 0.717) is 12.2 Å².